The van der Waals surface area contributed by atoms with Crippen molar-refractivity contribution in [2.24, 2.45) is 0 Å². The third kappa shape index (κ3) is 4.62. The van der Waals surface area contributed by atoms with Gasteiger partial charge in [0.2, 0.25) is 0 Å². The number of carbonyl (C=O) groups is 1. The first-order chi connectivity index (χ1) is 15.7. The molecular formula is C26H27N3O4. The number of aliphatic hydroxyl groups excluding tert-OH is 1. The fourth-order valence-corrected chi connectivity index (χ4v) is 4.27. The lowest BCUT2D eigenvalue weighted by Crippen LogP contribution is -2.28. The minimum atomic E-state index is -0.563. The molecule has 1 aromatic heterocycles. The molecular weight excluding hydrogens is 418 g/mol. The van der Waals surface area contributed by atoms with Gasteiger partial charge in [-0.3, -0.25) is 4.79 Å². The minimum absolute atomic E-state index is 0.00950. The fourth-order valence-electron chi connectivity index (χ4n) is 4.27. The maximum atomic E-state index is 12.5. The topological polar surface area (TPSA) is 95.5 Å². The van der Waals surface area contributed by atoms with E-state index < -0.39 is 5.60 Å². The van der Waals surface area contributed by atoms with Gasteiger partial charge in [-0.15, -0.1) is 6.42 Å². The molecule has 0 fully saturated rings. The molecule has 1 aliphatic rings. The number of carbonyl (C=O) groups excluding carboxylic acids is 1. The number of hydrogen-bond acceptors (Lipinski definition) is 6. The number of aromatic nitrogens is 2. The van der Waals surface area contributed by atoms with Crippen molar-refractivity contribution >= 4 is 22.6 Å². The number of aromatic amines is 1. The van der Waals surface area contributed by atoms with E-state index in [4.69, 9.17) is 11.2 Å². The van der Waals surface area contributed by atoms with E-state index in [1.165, 1.54) is 0 Å². The summed E-state index contributed by atoms with van der Waals surface area (Å²) in [6.45, 7) is 5.56. The number of anilines is 1. The van der Waals surface area contributed by atoms with Gasteiger partial charge in [-0.1, -0.05) is 5.92 Å². The highest BCUT2D eigenvalue weighted by Crippen LogP contribution is 2.39. The van der Waals surface area contributed by atoms with Crippen LogP contribution in [0, 0.1) is 12.3 Å². The van der Waals surface area contributed by atoms with Crippen LogP contribution in [0.1, 0.15) is 60.5 Å². The number of ether oxygens (including phenoxy) is 1. The van der Waals surface area contributed by atoms with Gasteiger partial charge >= 0.3 is 5.97 Å². The normalized spacial score (nSPS) is 15.2. The van der Waals surface area contributed by atoms with Crippen molar-refractivity contribution in [1.29, 1.82) is 0 Å². The number of hydrogen-bond donors (Lipinski definition) is 2. The molecule has 7 heteroatoms. The van der Waals surface area contributed by atoms with Crippen LogP contribution in [0.3, 0.4) is 0 Å². The van der Waals surface area contributed by atoms with Gasteiger partial charge < -0.3 is 19.7 Å². The van der Waals surface area contributed by atoms with Gasteiger partial charge in [0, 0.05) is 5.69 Å². The Morgan fingerprint density at radius 1 is 1.30 bits per heavy atom. The molecule has 0 amide bonds. The lowest BCUT2D eigenvalue weighted by Gasteiger charge is -2.30. The van der Waals surface area contributed by atoms with Gasteiger partial charge in [-0.2, -0.15) is 0 Å². The molecule has 170 valence electrons. The standard InChI is InChI=1S/C26H27N3O4/c1-5-12-29(18-9-6-16(7-10-18)25(32)33-26(2,3)4)22-11-8-17-13-21-20(14-19(17)22)24(31)28-23(15-30)27-21/h1,6-7,9-10,13-14,22,30H,8,11-12,15H2,2-4H3,(H,27,28,31). The second kappa shape index (κ2) is 8.72. The lowest BCUT2D eigenvalue weighted by molar-refractivity contribution is 0.00695. The van der Waals surface area contributed by atoms with Gasteiger partial charge in [0.1, 0.15) is 18.0 Å². The summed E-state index contributed by atoms with van der Waals surface area (Å²) < 4.78 is 5.45. The Bertz CT molecular complexity index is 1300. The summed E-state index contributed by atoms with van der Waals surface area (Å²) in [5.74, 6) is 2.61. The van der Waals surface area contributed by atoms with E-state index in [0.29, 0.717) is 23.0 Å². The number of nitrogens with one attached hydrogen (secondary N) is 1. The number of terminal acetylenes is 1. The van der Waals surface area contributed by atoms with Crippen LogP contribution in [-0.2, 0) is 17.8 Å². The Kier molecular flexibility index (Phi) is 5.96. The number of aliphatic hydroxyl groups is 1. The highest BCUT2D eigenvalue weighted by molar-refractivity contribution is 5.90. The molecule has 0 spiro atoms. The van der Waals surface area contributed by atoms with Crippen molar-refractivity contribution < 1.29 is 14.6 Å². The van der Waals surface area contributed by atoms with Crippen molar-refractivity contribution in [2.75, 3.05) is 11.4 Å². The van der Waals surface area contributed by atoms with E-state index in [1.54, 1.807) is 12.1 Å². The molecule has 2 N–H and O–H groups in total. The first-order valence-electron chi connectivity index (χ1n) is 10.9. The van der Waals surface area contributed by atoms with Gasteiger partial charge in [0.15, 0.2) is 0 Å². The Balaban J connectivity index is 1.68. The molecule has 1 heterocycles. The van der Waals surface area contributed by atoms with Crippen LogP contribution >= 0.6 is 0 Å². The van der Waals surface area contributed by atoms with Crippen molar-refractivity contribution in [3.8, 4) is 12.3 Å². The predicted molar refractivity (Wildman–Crippen MR) is 127 cm³/mol. The average molecular weight is 446 g/mol. The summed E-state index contributed by atoms with van der Waals surface area (Å²) >= 11 is 0. The van der Waals surface area contributed by atoms with E-state index in [-0.39, 0.29) is 30.0 Å². The monoisotopic (exact) mass is 445 g/mol. The van der Waals surface area contributed by atoms with Gasteiger partial charge in [0.05, 0.1) is 29.1 Å². The van der Waals surface area contributed by atoms with Crippen LogP contribution in [0.15, 0.2) is 41.2 Å². The van der Waals surface area contributed by atoms with Gasteiger partial charge in [0.25, 0.3) is 5.56 Å². The zero-order valence-electron chi connectivity index (χ0n) is 19.0. The summed E-state index contributed by atoms with van der Waals surface area (Å²) in [4.78, 5) is 34.0. The molecule has 0 saturated heterocycles. The lowest BCUT2D eigenvalue weighted by atomic mass is 10.0. The summed E-state index contributed by atoms with van der Waals surface area (Å²) in [6.07, 6.45) is 7.36. The molecule has 0 aliphatic heterocycles. The van der Waals surface area contributed by atoms with Crippen LogP contribution in [0.2, 0.25) is 0 Å². The van der Waals surface area contributed by atoms with E-state index in [2.05, 4.69) is 20.8 Å². The molecule has 0 saturated carbocycles. The van der Waals surface area contributed by atoms with E-state index in [0.717, 1.165) is 29.7 Å². The number of H-pyrrole nitrogens is 1. The van der Waals surface area contributed by atoms with Gasteiger partial charge in [-0.25, -0.2) is 9.78 Å². The van der Waals surface area contributed by atoms with E-state index in [1.807, 2.05) is 45.0 Å². The maximum absolute atomic E-state index is 12.5. The number of rotatable bonds is 5. The van der Waals surface area contributed by atoms with E-state index in [9.17, 15) is 14.7 Å². The van der Waals surface area contributed by atoms with Crippen molar-refractivity contribution in [2.45, 2.75) is 51.9 Å². The first kappa shape index (κ1) is 22.6. The number of fused-ring (bicyclic) bond motifs is 2. The maximum Gasteiger partial charge on any atom is 0.338 e. The molecule has 2 aromatic carbocycles. The Morgan fingerprint density at radius 2 is 2.03 bits per heavy atom. The van der Waals surface area contributed by atoms with Crippen molar-refractivity contribution in [3.05, 3.63) is 69.3 Å². The summed E-state index contributed by atoms with van der Waals surface area (Å²) in [7, 11) is 0. The minimum Gasteiger partial charge on any atom is -0.456 e. The second-order valence-electron chi connectivity index (χ2n) is 9.17. The molecule has 33 heavy (non-hydrogen) atoms. The molecule has 7 nitrogen and oxygen atoms in total. The molecule has 4 rings (SSSR count). The van der Waals surface area contributed by atoms with Crippen LogP contribution in [0.4, 0.5) is 5.69 Å². The predicted octanol–water partition coefficient (Wildman–Crippen LogP) is 3.50. The van der Waals surface area contributed by atoms with Gasteiger partial charge in [-0.05, 0) is 81.1 Å². The quantitative estimate of drug-likeness (QED) is 0.461. The molecule has 1 atom stereocenters. The third-order valence-corrected chi connectivity index (χ3v) is 5.68. The number of aryl methyl sites for hydroxylation is 1. The molecule has 0 bridgehead atoms. The summed E-state index contributed by atoms with van der Waals surface area (Å²) in [5, 5.41) is 9.82. The highest BCUT2D eigenvalue weighted by atomic mass is 16.6. The molecule has 1 aliphatic carbocycles. The fraction of sp³-hybridized carbons (Fsp3) is 0.346. The largest absolute Gasteiger partial charge is 0.456 e. The smallest absolute Gasteiger partial charge is 0.338 e. The third-order valence-electron chi connectivity index (χ3n) is 5.68. The zero-order chi connectivity index (χ0) is 23.8. The summed E-state index contributed by atoms with van der Waals surface area (Å²) in [5.41, 5.74) is 3.26. The highest BCUT2D eigenvalue weighted by Gasteiger charge is 2.29. The molecule has 0 radical (unpaired) electrons. The SMILES string of the molecule is C#CCN(c1ccc(C(=O)OC(C)(C)C)cc1)C1CCc2cc3nc(CO)[nH]c(=O)c3cc21. The van der Waals surface area contributed by atoms with Crippen LogP contribution in [0.25, 0.3) is 10.9 Å². The molecule has 3 aromatic rings. The zero-order valence-corrected chi connectivity index (χ0v) is 19.0. The van der Waals surface area contributed by atoms with Crippen molar-refractivity contribution in [1.82, 2.24) is 9.97 Å². The second-order valence-corrected chi connectivity index (χ2v) is 9.17. The van der Waals surface area contributed by atoms with E-state index >= 15 is 0 Å². The Labute approximate surface area is 192 Å². The Hall–Kier alpha value is -3.63. The first-order valence-corrected chi connectivity index (χ1v) is 10.9. The van der Waals surface area contributed by atoms with Crippen LogP contribution in [0.5, 0.6) is 0 Å². The average Bonchev–Trinajstić information content (AvgIpc) is 3.17. The number of nitrogens with zero attached hydrogens (tertiary/aromatic N) is 2. The summed E-state index contributed by atoms with van der Waals surface area (Å²) in [6, 6.07) is 11.0. The number of benzene rings is 2. The van der Waals surface area contributed by atoms with Crippen molar-refractivity contribution in [3.63, 3.8) is 0 Å². The van der Waals surface area contributed by atoms with Crippen LogP contribution in [-0.4, -0.2) is 33.2 Å². The van der Waals surface area contributed by atoms with Crippen LogP contribution < -0.4 is 10.5 Å². The number of esters is 1. The Morgan fingerprint density at radius 3 is 2.67 bits per heavy atom. The molecule has 1 unspecified atom stereocenters.